The van der Waals surface area contributed by atoms with E-state index in [-0.39, 0.29) is 11.5 Å². The van der Waals surface area contributed by atoms with Crippen LogP contribution < -0.4 is 0 Å². The van der Waals surface area contributed by atoms with Crippen LogP contribution in [0.2, 0.25) is 4.34 Å². The Balaban J connectivity index is 1.82. The van der Waals surface area contributed by atoms with Crippen molar-refractivity contribution in [1.29, 1.82) is 0 Å². The normalized spacial score (nSPS) is 18.8. The van der Waals surface area contributed by atoms with Crippen molar-refractivity contribution in [3.8, 4) is 0 Å². The van der Waals surface area contributed by atoms with Crippen molar-refractivity contribution in [2.45, 2.75) is 37.2 Å². The third-order valence-electron chi connectivity index (χ3n) is 4.26. The molecule has 1 N–H and O–H groups in total. The Morgan fingerprint density at radius 2 is 1.89 bits per heavy atom. The van der Waals surface area contributed by atoms with Gasteiger partial charge in [-0.05, 0) is 30.5 Å². The maximum Gasteiger partial charge on any atom is 0.0931 e. The molecule has 100 valence electrons. The maximum absolute atomic E-state index is 10.7. The van der Waals surface area contributed by atoms with Gasteiger partial charge in [0.25, 0.3) is 0 Å². The van der Waals surface area contributed by atoms with Crippen molar-refractivity contribution < 1.29 is 5.11 Å². The summed E-state index contributed by atoms with van der Waals surface area (Å²) in [5.74, 6) is 0. The molecule has 1 unspecified atom stereocenters. The fourth-order valence-electron chi connectivity index (χ4n) is 2.99. The Morgan fingerprint density at radius 3 is 2.42 bits per heavy atom. The van der Waals surface area contributed by atoms with Crippen molar-refractivity contribution in [2.24, 2.45) is 0 Å². The fourth-order valence-corrected chi connectivity index (χ4v) is 4.11. The lowest BCUT2D eigenvalue weighted by molar-refractivity contribution is 0.0291. The van der Waals surface area contributed by atoms with Crippen LogP contribution in [-0.4, -0.2) is 11.2 Å². The van der Waals surface area contributed by atoms with Gasteiger partial charge < -0.3 is 5.11 Å². The molecule has 0 amide bonds. The molecule has 3 heteroatoms. The van der Waals surface area contributed by atoms with Gasteiger partial charge in [-0.15, -0.1) is 11.3 Å². The molecule has 3 rings (SSSR count). The highest BCUT2D eigenvalue weighted by Crippen LogP contribution is 2.47. The summed E-state index contributed by atoms with van der Waals surface area (Å²) in [4.78, 5) is 1.17. The van der Waals surface area contributed by atoms with Crippen LogP contribution in [0.15, 0.2) is 42.5 Å². The molecule has 1 nitrogen and oxygen atoms in total. The molecule has 1 aromatic carbocycles. The number of hydrogen-bond donors (Lipinski definition) is 1. The highest BCUT2D eigenvalue weighted by atomic mass is 35.5. The first-order valence-corrected chi connectivity index (χ1v) is 7.88. The molecule has 1 aromatic heterocycles. The van der Waals surface area contributed by atoms with E-state index < -0.39 is 0 Å². The number of rotatable bonds is 4. The van der Waals surface area contributed by atoms with Gasteiger partial charge in [0.15, 0.2) is 0 Å². The van der Waals surface area contributed by atoms with E-state index in [0.29, 0.717) is 6.42 Å². The van der Waals surface area contributed by atoms with E-state index >= 15 is 0 Å². The van der Waals surface area contributed by atoms with E-state index in [1.165, 1.54) is 16.9 Å². The van der Waals surface area contributed by atoms with Gasteiger partial charge in [0.2, 0.25) is 0 Å². The van der Waals surface area contributed by atoms with E-state index in [9.17, 15) is 5.11 Å². The maximum atomic E-state index is 10.7. The summed E-state index contributed by atoms with van der Waals surface area (Å²) in [5.41, 5.74) is 1.23. The van der Waals surface area contributed by atoms with E-state index in [1.54, 1.807) is 11.3 Å². The second kappa shape index (κ2) is 5.28. The van der Waals surface area contributed by atoms with Crippen LogP contribution >= 0.6 is 22.9 Å². The minimum atomic E-state index is -0.321. The second-order valence-electron chi connectivity index (χ2n) is 5.30. The van der Waals surface area contributed by atoms with Gasteiger partial charge in [-0.1, -0.05) is 48.4 Å². The SMILES string of the molecule is OC(Cc1ccc(Cl)s1)C1(c2ccccc2)CCC1. The van der Waals surface area contributed by atoms with Crippen LogP contribution in [0.25, 0.3) is 0 Å². The number of aliphatic hydroxyl groups is 1. The molecule has 0 bridgehead atoms. The summed E-state index contributed by atoms with van der Waals surface area (Å²) in [6.07, 6.45) is 3.75. The molecular weight excluding hydrogens is 276 g/mol. The van der Waals surface area contributed by atoms with Gasteiger partial charge in [-0.25, -0.2) is 0 Å². The van der Waals surface area contributed by atoms with Crippen LogP contribution in [0.3, 0.4) is 0 Å². The third-order valence-corrected chi connectivity index (χ3v) is 5.51. The summed E-state index contributed by atoms with van der Waals surface area (Å²) in [5, 5.41) is 10.7. The molecule has 1 atom stereocenters. The van der Waals surface area contributed by atoms with Crippen molar-refractivity contribution >= 4 is 22.9 Å². The summed E-state index contributed by atoms with van der Waals surface area (Å²) in [6.45, 7) is 0. The first kappa shape index (κ1) is 13.2. The first-order valence-electron chi connectivity index (χ1n) is 6.68. The molecule has 1 aliphatic rings. The summed E-state index contributed by atoms with van der Waals surface area (Å²) in [7, 11) is 0. The molecule has 1 fully saturated rings. The molecule has 0 radical (unpaired) electrons. The number of hydrogen-bond acceptors (Lipinski definition) is 2. The molecule has 1 heterocycles. The standard InChI is InChI=1S/C16H17ClOS/c17-15-8-7-13(19-15)11-14(18)16(9-4-10-16)12-5-2-1-3-6-12/h1-3,5-8,14,18H,4,9-11H2. The van der Waals surface area contributed by atoms with Crippen molar-refractivity contribution in [3.05, 3.63) is 57.2 Å². The van der Waals surface area contributed by atoms with Crippen LogP contribution in [0.1, 0.15) is 29.7 Å². The Hall–Kier alpha value is -0.830. The Morgan fingerprint density at radius 1 is 1.16 bits per heavy atom. The lowest BCUT2D eigenvalue weighted by Gasteiger charge is -2.46. The highest BCUT2D eigenvalue weighted by molar-refractivity contribution is 7.16. The van der Waals surface area contributed by atoms with E-state index in [4.69, 9.17) is 11.6 Å². The first-order chi connectivity index (χ1) is 9.21. The monoisotopic (exact) mass is 292 g/mol. The van der Waals surface area contributed by atoms with E-state index in [0.717, 1.165) is 17.2 Å². The van der Waals surface area contributed by atoms with Crippen molar-refractivity contribution in [3.63, 3.8) is 0 Å². The van der Waals surface area contributed by atoms with Gasteiger partial charge in [0.05, 0.1) is 10.4 Å². The number of aliphatic hydroxyl groups excluding tert-OH is 1. The van der Waals surface area contributed by atoms with Crippen LogP contribution in [-0.2, 0) is 11.8 Å². The Labute approximate surface area is 122 Å². The fraction of sp³-hybridized carbons (Fsp3) is 0.375. The molecule has 1 aliphatic carbocycles. The average molecular weight is 293 g/mol. The van der Waals surface area contributed by atoms with Gasteiger partial charge in [-0.3, -0.25) is 0 Å². The van der Waals surface area contributed by atoms with Gasteiger partial charge in [0.1, 0.15) is 0 Å². The zero-order valence-corrected chi connectivity index (χ0v) is 12.3. The minimum absolute atomic E-state index is 0.0439. The molecule has 0 saturated heterocycles. The third kappa shape index (κ3) is 2.45. The number of halogens is 1. The molecule has 19 heavy (non-hydrogen) atoms. The predicted molar refractivity (Wildman–Crippen MR) is 81.0 cm³/mol. The zero-order valence-electron chi connectivity index (χ0n) is 10.7. The van der Waals surface area contributed by atoms with Gasteiger partial charge in [-0.2, -0.15) is 0 Å². The molecule has 0 spiro atoms. The zero-order chi connectivity index (χ0) is 13.3. The Kier molecular flexibility index (Phi) is 3.66. The van der Waals surface area contributed by atoms with Gasteiger partial charge in [0, 0.05) is 16.7 Å². The van der Waals surface area contributed by atoms with Crippen molar-refractivity contribution in [2.75, 3.05) is 0 Å². The highest BCUT2D eigenvalue weighted by Gasteiger charge is 2.44. The van der Waals surface area contributed by atoms with Crippen LogP contribution in [0.4, 0.5) is 0 Å². The topological polar surface area (TPSA) is 20.2 Å². The van der Waals surface area contributed by atoms with Crippen LogP contribution in [0.5, 0.6) is 0 Å². The molecular formula is C16H17ClOS. The molecule has 2 aromatic rings. The smallest absolute Gasteiger partial charge is 0.0931 e. The number of benzene rings is 1. The van der Waals surface area contributed by atoms with Crippen LogP contribution in [0, 0.1) is 0 Å². The van der Waals surface area contributed by atoms with Gasteiger partial charge >= 0.3 is 0 Å². The second-order valence-corrected chi connectivity index (χ2v) is 7.10. The van der Waals surface area contributed by atoms with Crippen molar-refractivity contribution in [1.82, 2.24) is 0 Å². The summed E-state index contributed by atoms with van der Waals surface area (Å²) >= 11 is 7.53. The Bertz CT molecular complexity index is 545. The minimum Gasteiger partial charge on any atom is -0.392 e. The molecule has 0 aliphatic heterocycles. The quantitative estimate of drug-likeness (QED) is 0.884. The average Bonchev–Trinajstić information content (AvgIpc) is 2.75. The lowest BCUT2D eigenvalue weighted by atomic mass is 9.60. The predicted octanol–water partition coefficient (Wildman–Crippen LogP) is 4.43. The van der Waals surface area contributed by atoms with E-state index in [2.05, 4.69) is 24.3 Å². The summed E-state index contributed by atoms with van der Waals surface area (Å²) < 4.78 is 0.796. The lowest BCUT2D eigenvalue weighted by Crippen LogP contribution is -2.46. The largest absolute Gasteiger partial charge is 0.392 e. The summed E-state index contributed by atoms with van der Waals surface area (Å²) in [6, 6.07) is 14.4. The molecule has 1 saturated carbocycles. The number of thiophene rings is 1. The van der Waals surface area contributed by atoms with E-state index in [1.807, 2.05) is 18.2 Å².